The highest BCUT2D eigenvalue weighted by molar-refractivity contribution is 7.99. The van der Waals surface area contributed by atoms with Crippen LogP contribution in [0.1, 0.15) is 42.9 Å². The smallest absolute Gasteiger partial charge is 0.332 e. The number of aromatic nitrogens is 4. The summed E-state index contributed by atoms with van der Waals surface area (Å²) in [7, 11) is 5.21. The Labute approximate surface area is 266 Å². The van der Waals surface area contributed by atoms with Crippen LogP contribution < -0.4 is 25.6 Å². The van der Waals surface area contributed by atoms with Gasteiger partial charge in [-0.3, -0.25) is 18.7 Å². The molecule has 1 amide bonds. The Balaban J connectivity index is 1.36. The van der Waals surface area contributed by atoms with Gasteiger partial charge >= 0.3 is 5.69 Å². The van der Waals surface area contributed by atoms with Crippen molar-refractivity contribution < 1.29 is 14.3 Å². The minimum Gasteiger partial charge on any atom is -0.490 e. The summed E-state index contributed by atoms with van der Waals surface area (Å²) in [5.74, 6) is 1.67. The molecule has 45 heavy (non-hydrogen) atoms. The molecule has 2 aromatic carbocycles. The van der Waals surface area contributed by atoms with Crippen LogP contribution in [0.25, 0.3) is 11.2 Å². The lowest BCUT2D eigenvalue weighted by Crippen LogP contribution is -2.47. The van der Waals surface area contributed by atoms with Crippen LogP contribution >= 0.6 is 11.8 Å². The standard InChI is InChI=1S/C33H40N6O5S/c1-7-43-26-12-10-21(16-27(26)44-8-2)17-38-29-30(36(5)33(42)37(6)31(29)41)34-32(38)45-19-28(40)39-24-11-9-20(3)15-22(24)23-18-35(4)14-13-25(23)39/h9-12,15-16,23,25H,7-8,13-14,17-19H2,1-6H3/t23-,25+/m1/s1. The number of benzene rings is 2. The number of carbonyl (C=O) groups is 1. The molecule has 0 unspecified atom stereocenters. The Morgan fingerprint density at radius 2 is 1.76 bits per heavy atom. The third-order valence-electron chi connectivity index (χ3n) is 8.81. The van der Waals surface area contributed by atoms with Crippen LogP contribution in [0.3, 0.4) is 0 Å². The molecule has 2 aliphatic heterocycles. The predicted octanol–water partition coefficient (Wildman–Crippen LogP) is 3.51. The lowest BCUT2D eigenvalue weighted by molar-refractivity contribution is -0.116. The quantitative estimate of drug-likeness (QED) is 0.259. The zero-order valence-electron chi connectivity index (χ0n) is 26.7. The monoisotopic (exact) mass is 632 g/mol. The number of aryl methyl sites for hydroxylation is 2. The predicted molar refractivity (Wildman–Crippen MR) is 176 cm³/mol. The number of hydrogen-bond acceptors (Lipinski definition) is 8. The van der Waals surface area contributed by atoms with E-state index in [1.807, 2.05) is 36.9 Å². The highest BCUT2D eigenvalue weighted by Crippen LogP contribution is 2.45. The zero-order valence-corrected chi connectivity index (χ0v) is 27.5. The number of thioether (sulfide) groups is 1. The van der Waals surface area contributed by atoms with Crippen molar-refractivity contribution in [1.29, 1.82) is 0 Å². The van der Waals surface area contributed by atoms with Crippen LogP contribution in [0.2, 0.25) is 0 Å². The van der Waals surface area contributed by atoms with Crippen molar-refractivity contribution in [2.45, 2.75) is 50.9 Å². The van der Waals surface area contributed by atoms with Gasteiger partial charge in [0.15, 0.2) is 27.8 Å². The van der Waals surface area contributed by atoms with E-state index in [0.29, 0.717) is 35.4 Å². The first-order valence-corrected chi connectivity index (χ1v) is 16.4. The molecule has 0 spiro atoms. The number of rotatable bonds is 9. The van der Waals surface area contributed by atoms with E-state index in [4.69, 9.17) is 14.5 Å². The lowest BCUT2D eigenvalue weighted by Gasteiger charge is -2.36. The Morgan fingerprint density at radius 1 is 1.00 bits per heavy atom. The van der Waals surface area contributed by atoms with Gasteiger partial charge in [-0.1, -0.05) is 35.5 Å². The number of carbonyl (C=O) groups excluding carboxylic acids is 1. The number of imidazole rings is 1. The molecule has 2 atom stereocenters. The van der Waals surface area contributed by atoms with Crippen LogP contribution in [0.15, 0.2) is 51.1 Å². The maximum atomic E-state index is 14.0. The molecule has 0 aliphatic carbocycles. The van der Waals surface area contributed by atoms with Gasteiger partial charge < -0.3 is 23.8 Å². The topological polar surface area (TPSA) is 104 Å². The number of anilines is 1. The van der Waals surface area contributed by atoms with Gasteiger partial charge in [-0.2, -0.15) is 0 Å². The second-order valence-corrected chi connectivity index (χ2v) is 12.8. The summed E-state index contributed by atoms with van der Waals surface area (Å²) in [4.78, 5) is 49.4. The highest BCUT2D eigenvalue weighted by atomic mass is 32.2. The van der Waals surface area contributed by atoms with E-state index in [0.717, 1.165) is 35.3 Å². The summed E-state index contributed by atoms with van der Waals surface area (Å²) in [5, 5.41) is 0.492. The molecule has 12 heteroatoms. The van der Waals surface area contributed by atoms with Gasteiger partial charge in [-0.25, -0.2) is 9.78 Å². The van der Waals surface area contributed by atoms with E-state index in [2.05, 4.69) is 37.1 Å². The fraction of sp³-hybridized carbons (Fsp3) is 0.455. The summed E-state index contributed by atoms with van der Waals surface area (Å²) >= 11 is 1.29. The van der Waals surface area contributed by atoms with E-state index < -0.39 is 11.2 Å². The van der Waals surface area contributed by atoms with Crippen LogP contribution in [0, 0.1) is 6.92 Å². The second kappa shape index (κ2) is 12.4. The molecule has 238 valence electrons. The zero-order chi connectivity index (χ0) is 32.0. The maximum Gasteiger partial charge on any atom is 0.332 e. The van der Waals surface area contributed by atoms with Crippen molar-refractivity contribution in [3.63, 3.8) is 0 Å². The van der Waals surface area contributed by atoms with E-state index in [9.17, 15) is 14.4 Å². The fourth-order valence-corrected chi connectivity index (χ4v) is 7.52. The Bertz CT molecular complexity index is 1900. The molecule has 0 bridgehead atoms. The fourth-order valence-electron chi connectivity index (χ4n) is 6.66. The average molecular weight is 633 g/mol. The molecule has 4 heterocycles. The van der Waals surface area contributed by atoms with Crippen LogP contribution in [0.4, 0.5) is 5.69 Å². The second-order valence-electron chi connectivity index (χ2n) is 11.8. The molecule has 0 N–H and O–H groups in total. The van der Waals surface area contributed by atoms with Gasteiger partial charge in [0.2, 0.25) is 5.91 Å². The first kappa shape index (κ1) is 31.0. The number of ether oxygens (including phenoxy) is 2. The Morgan fingerprint density at radius 3 is 2.51 bits per heavy atom. The summed E-state index contributed by atoms with van der Waals surface area (Å²) in [6.07, 6.45) is 0.905. The molecule has 0 saturated carbocycles. The normalized spacial score (nSPS) is 17.9. The summed E-state index contributed by atoms with van der Waals surface area (Å²) in [6.45, 7) is 9.03. The van der Waals surface area contributed by atoms with Crippen molar-refractivity contribution in [2.75, 3.05) is 44.0 Å². The van der Waals surface area contributed by atoms with Gasteiger partial charge in [-0.15, -0.1) is 0 Å². The highest BCUT2D eigenvalue weighted by Gasteiger charge is 2.43. The molecular formula is C33H40N6O5S. The lowest BCUT2D eigenvalue weighted by atomic mass is 9.89. The minimum atomic E-state index is -0.457. The van der Waals surface area contributed by atoms with Crippen molar-refractivity contribution in [3.05, 3.63) is 73.9 Å². The van der Waals surface area contributed by atoms with Crippen molar-refractivity contribution in [1.82, 2.24) is 23.6 Å². The first-order valence-electron chi connectivity index (χ1n) is 15.4. The molecule has 11 nitrogen and oxygen atoms in total. The molecule has 2 aliphatic rings. The Hall–Kier alpha value is -4.03. The molecule has 0 radical (unpaired) electrons. The SMILES string of the molecule is CCOc1ccc(Cn2c(SCC(=O)N3c4ccc(C)cc4[C@H]4CN(C)CC[C@@H]43)nc3c2c(=O)n(C)c(=O)n3C)cc1OCC. The van der Waals surface area contributed by atoms with Crippen LogP contribution in [0.5, 0.6) is 11.5 Å². The van der Waals surface area contributed by atoms with Crippen molar-refractivity contribution in [2.24, 2.45) is 14.1 Å². The van der Waals surface area contributed by atoms with Crippen molar-refractivity contribution >= 4 is 34.5 Å². The van der Waals surface area contributed by atoms with E-state index >= 15 is 0 Å². The number of amides is 1. The number of likely N-dealkylation sites (N-methyl/N-ethyl adjacent to an activating group) is 1. The third kappa shape index (κ3) is 5.54. The molecule has 2 aromatic heterocycles. The van der Waals surface area contributed by atoms with E-state index in [1.165, 1.54) is 34.5 Å². The molecule has 1 fully saturated rings. The van der Waals surface area contributed by atoms with Crippen molar-refractivity contribution in [3.8, 4) is 11.5 Å². The summed E-state index contributed by atoms with van der Waals surface area (Å²) in [6, 6.07) is 12.1. The van der Waals surface area contributed by atoms with E-state index in [1.54, 1.807) is 11.6 Å². The summed E-state index contributed by atoms with van der Waals surface area (Å²) < 4.78 is 15.9. The number of likely N-dealkylation sites (tertiary alicyclic amines) is 1. The molecule has 4 aromatic rings. The average Bonchev–Trinajstić information content (AvgIpc) is 3.54. The molecule has 6 rings (SSSR count). The summed E-state index contributed by atoms with van der Waals surface area (Å²) in [5.41, 5.74) is 3.96. The maximum absolute atomic E-state index is 14.0. The minimum absolute atomic E-state index is 0.00209. The van der Waals surface area contributed by atoms with Gasteiger partial charge in [0.05, 0.1) is 25.5 Å². The number of piperidine rings is 1. The van der Waals surface area contributed by atoms with Gasteiger partial charge in [0.1, 0.15) is 0 Å². The third-order valence-corrected chi connectivity index (χ3v) is 9.77. The number of hydrogen-bond donors (Lipinski definition) is 0. The van der Waals surface area contributed by atoms with Gasteiger partial charge in [0.25, 0.3) is 5.56 Å². The van der Waals surface area contributed by atoms with Gasteiger partial charge in [-0.05, 0) is 70.1 Å². The van der Waals surface area contributed by atoms with Crippen LogP contribution in [-0.4, -0.2) is 74.6 Å². The number of fused-ring (bicyclic) bond motifs is 4. The first-order chi connectivity index (χ1) is 21.6. The Kier molecular flexibility index (Phi) is 8.53. The molecule has 1 saturated heterocycles. The number of nitrogens with zero attached hydrogens (tertiary/aromatic N) is 6. The van der Waals surface area contributed by atoms with E-state index in [-0.39, 0.29) is 35.8 Å². The van der Waals surface area contributed by atoms with Gasteiger partial charge in [0, 0.05) is 38.3 Å². The largest absolute Gasteiger partial charge is 0.490 e. The molecular weight excluding hydrogens is 592 g/mol. The van der Waals surface area contributed by atoms with Crippen LogP contribution in [-0.2, 0) is 25.4 Å².